The van der Waals surface area contributed by atoms with Crippen molar-refractivity contribution in [2.75, 3.05) is 7.11 Å². The SMILES string of the molecule is CCCC(C)(OC)C(NC(C)=O)C1NC(C(=O)OC(C)(C)C)CC1NC(=O)OCc1ccccc1. The first-order chi connectivity index (χ1) is 16.4. The van der Waals surface area contributed by atoms with Crippen molar-refractivity contribution in [2.24, 2.45) is 0 Å². The van der Waals surface area contributed by atoms with Crippen LogP contribution in [-0.2, 0) is 30.4 Å². The molecule has 0 aromatic heterocycles. The molecule has 196 valence electrons. The molecule has 0 aliphatic carbocycles. The Morgan fingerprint density at radius 1 is 1.14 bits per heavy atom. The van der Waals surface area contributed by atoms with E-state index in [2.05, 4.69) is 16.0 Å². The number of amides is 2. The molecular formula is C26H41N3O6. The largest absolute Gasteiger partial charge is 0.459 e. The highest BCUT2D eigenvalue weighted by atomic mass is 16.6. The first-order valence-corrected chi connectivity index (χ1v) is 12.2. The Balaban J connectivity index is 2.27. The van der Waals surface area contributed by atoms with Gasteiger partial charge in [0.05, 0.1) is 23.7 Å². The minimum Gasteiger partial charge on any atom is -0.459 e. The van der Waals surface area contributed by atoms with Crippen LogP contribution in [0.5, 0.6) is 0 Å². The maximum Gasteiger partial charge on any atom is 0.407 e. The van der Waals surface area contributed by atoms with Gasteiger partial charge in [-0.1, -0.05) is 43.7 Å². The number of nitrogens with one attached hydrogen (secondary N) is 3. The molecule has 1 saturated heterocycles. The molecule has 5 atom stereocenters. The summed E-state index contributed by atoms with van der Waals surface area (Å²) in [6.45, 7) is 10.9. The second kappa shape index (κ2) is 12.4. The molecule has 1 aliphatic rings. The summed E-state index contributed by atoms with van der Waals surface area (Å²) in [6, 6.07) is 7.15. The molecule has 1 aliphatic heterocycles. The lowest BCUT2D eigenvalue weighted by Crippen LogP contribution is -2.65. The second-order valence-electron chi connectivity index (χ2n) is 10.3. The van der Waals surface area contributed by atoms with Crippen LogP contribution in [0.1, 0.15) is 66.4 Å². The Morgan fingerprint density at radius 3 is 2.34 bits per heavy atom. The van der Waals surface area contributed by atoms with E-state index in [1.54, 1.807) is 27.9 Å². The average molecular weight is 492 g/mol. The summed E-state index contributed by atoms with van der Waals surface area (Å²) in [5.74, 6) is -0.650. The monoisotopic (exact) mass is 491 g/mol. The van der Waals surface area contributed by atoms with E-state index in [0.29, 0.717) is 6.42 Å². The van der Waals surface area contributed by atoms with E-state index >= 15 is 0 Å². The summed E-state index contributed by atoms with van der Waals surface area (Å²) in [7, 11) is 1.60. The first-order valence-electron chi connectivity index (χ1n) is 12.2. The molecule has 35 heavy (non-hydrogen) atoms. The standard InChI is InChI=1S/C26H41N3O6/c1-8-14-26(6,33-7)22(27-17(2)30)21-19(15-20(28-21)23(31)35-25(3,4)5)29-24(32)34-16-18-12-10-9-11-13-18/h9-13,19-22,28H,8,14-16H2,1-7H3,(H,27,30)(H,29,32). The van der Waals surface area contributed by atoms with Gasteiger partial charge in [-0.2, -0.15) is 0 Å². The van der Waals surface area contributed by atoms with Crippen LogP contribution in [0.3, 0.4) is 0 Å². The Morgan fingerprint density at radius 2 is 1.80 bits per heavy atom. The van der Waals surface area contributed by atoms with E-state index in [1.807, 2.05) is 44.2 Å². The molecule has 9 nitrogen and oxygen atoms in total. The number of hydrogen-bond acceptors (Lipinski definition) is 7. The number of methoxy groups -OCH3 is 1. The Bertz CT molecular complexity index is 856. The van der Waals surface area contributed by atoms with E-state index < -0.39 is 47.4 Å². The Labute approximate surface area is 208 Å². The first kappa shape index (κ1) is 28.6. The fraction of sp³-hybridized carbons (Fsp3) is 0.654. The van der Waals surface area contributed by atoms with Gasteiger partial charge in [-0.25, -0.2) is 4.79 Å². The number of carbonyl (C=O) groups excluding carboxylic acids is 3. The average Bonchev–Trinajstić information content (AvgIpc) is 3.19. The maximum absolute atomic E-state index is 12.9. The highest BCUT2D eigenvalue weighted by Crippen LogP contribution is 2.30. The van der Waals surface area contributed by atoms with E-state index in [9.17, 15) is 14.4 Å². The van der Waals surface area contributed by atoms with Crippen molar-refractivity contribution >= 4 is 18.0 Å². The third kappa shape index (κ3) is 8.50. The minimum absolute atomic E-state index is 0.119. The molecule has 5 unspecified atom stereocenters. The van der Waals surface area contributed by atoms with Crippen LogP contribution in [0.15, 0.2) is 30.3 Å². The summed E-state index contributed by atoms with van der Waals surface area (Å²) in [4.78, 5) is 37.8. The van der Waals surface area contributed by atoms with Crippen LogP contribution in [0.2, 0.25) is 0 Å². The molecule has 2 rings (SSSR count). The van der Waals surface area contributed by atoms with Crippen LogP contribution in [0.4, 0.5) is 4.79 Å². The van der Waals surface area contributed by atoms with Gasteiger partial charge in [0.2, 0.25) is 5.91 Å². The lowest BCUT2D eigenvalue weighted by atomic mass is 9.83. The molecule has 1 fully saturated rings. The number of alkyl carbamates (subject to hydrolysis) is 1. The molecule has 1 aromatic rings. The number of esters is 1. The van der Waals surface area contributed by atoms with Crippen LogP contribution in [0, 0.1) is 0 Å². The van der Waals surface area contributed by atoms with Gasteiger partial charge in [-0.05, 0) is 46.1 Å². The van der Waals surface area contributed by atoms with Crippen LogP contribution in [0.25, 0.3) is 0 Å². The van der Waals surface area contributed by atoms with E-state index in [4.69, 9.17) is 14.2 Å². The highest BCUT2D eigenvalue weighted by molar-refractivity contribution is 5.78. The van der Waals surface area contributed by atoms with E-state index in [-0.39, 0.29) is 18.9 Å². The summed E-state index contributed by atoms with van der Waals surface area (Å²) < 4.78 is 16.9. The van der Waals surface area contributed by atoms with E-state index in [0.717, 1.165) is 12.0 Å². The van der Waals surface area contributed by atoms with Crippen molar-refractivity contribution in [3.63, 3.8) is 0 Å². The number of carbonyl (C=O) groups is 3. The van der Waals surface area contributed by atoms with Crippen LogP contribution >= 0.6 is 0 Å². The predicted molar refractivity (Wildman–Crippen MR) is 133 cm³/mol. The van der Waals surface area contributed by atoms with Gasteiger partial charge < -0.3 is 24.8 Å². The molecule has 9 heteroatoms. The molecule has 0 bridgehead atoms. The van der Waals surface area contributed by atoms with E-state index in [1.165, 1.54) is 6.92 Å². The summed E-state index contributed by atoms with van der Waals surface area (Å²) in [6.07, 6.45) is 1.16. The lowest BCUT2D eigenvalue weighted by molar-refractivity contribution is -0.157. The van der Waals surface area contributed by atoms with Crippen molar-refractivity contribution in [1.29, 1.82) is 0 Å². The minimum atomic E-state index is -0.741. The topological polar surface area (TPSA) is 115 Å². The van der Waals surface area contributed by atoms with Gasteiger partial charge in [0, 0.05) is 14.0 Å². The van der Waals surface area contributed by atoms with Gasteiger partial charge in [-0.15, -0.1) is 0 Å². The van der Waals surface area contributed by atoms with Crippen molar-refractivity contribution in [3.8, 4) is 0 Å². The second-order valence-corrected chi connectivity index (χ2v) is 10.3. The van der Waals surface area contributed by atoms with Crippen molar-refractivity contribution in [3.05, 3.63) is 35.9 Å². The molecular weight excluding hydrogens is 450 g/mol. The zero-order valence-corrected chi connectivity index (χ0v) is 22.0. The third-order valence-electron chi connectivity index (χ3n) is 6.11. The van der Waals surface area contributed by atoms with Crippen molar-refractivity contribution < 1.29 is 28.6 Å². The molecule has 3 N–H and O–H groups in total. The number of benzene rings is 1. The molecule has 1 aromatic carbocycles. The predicted octanol–water partition coefficient (Wildman–Crippen LogP) is 3.06. The van der Waals surface area contributed by atoms with Crippen molar-refractivity contribution in [1.82, 2.24) is 16.0 Å². The van der Waals surface area contributed by atoms with Crippen LogP contribution in [-0.4, -0.2) is 60.4 Å². The molecule has 0 radical (unpaired) electrons. The molecule has 1 heterocycles. The van der Waals surface area contributed by atoms with Gasteiger partial charge in [-0.3, -0.25) is 14.9 Å². The van der Waals surface area contributed by atoms with Gasteiger partial charge in [0.1, 0.15) is 18.2 Å². The Kier molecular flexibility index (Phi) is 10.1. The lowest BCUT2D eigenvalue weighted by Gasteiger charge is -2.42. The highest BCUT2D eigenvalue weighted by Gasteiger charge is 2.49. The molecule has 0 saturated carbocycles. The molecule has 0 spiro atoms. The smallest absolute Gasteiger partial charge is 0.407 e. The summed E-state index contributed by atoms with van der Waals surface area (Å²) in [5, 5.41) is 9.20. The van der Waals surface area contributed by atoms with Gasteiger partial charge in [0.15, 0.2) is 0 Å². The fourth-order valence-electron chi connectivity index (χ4n) is 4.47. The number of ether oxygens (including phenoxy) is 3. The van der Waals surface area contributed by atoms with Gasteiger partial charge in [0.25, 0.3) is 0 Å². The summed E-state index contributed by atoms with van der Waals surface area (Å²) >= 11 is 0. The fourth-order valence-corrected chi connectivity index (χ4v) is 4.47. The van der Waals surface area contributed by atoms with Crippen LogP contribution < -0.4 is 16.0 Å². The number of hydrogen-bond donors (Lipinski definition) is 3. The van der Waals surface area contributed by atoms with Gasteiger partial charge >= 0.3 is 12.1 Å². The maximum atomic E-state index is 12.9. The zero-order valence-electron chi connectivity index (χ0n) is 22.0. The quantitative estimate of drug-likeness (QED) is 0.431. The third-order valence-corrected chi connectivity index (χ3v) is 6.11. The Hall–Kier alpha value is -2.65. The molecule has 2 amide bonds. The normalized spacial score (nSPS) is 22.5. The number of rotatable bonds is 10. The zero-order chi connectivity index (χ0) is 26.2. The summed E-state index contributed by atoms with van der Waals surface area (Å²) in [5.41, 5.74) is -0.537. The van der Waals surface area contributed by atoms with Crippen molar-refractivity contribution in [2.45, 2.75) is 103 Å².